The van der Waals surface area contributed by atoms with Crippen molar-refractivity contribution in [2.75, 3.05) is 39.3 Å². The molecule has 1 amide bonds. The molecular weight excluding hydrogens is 398 g/mol. The van der Waals surface area contributed by atoms with E-state index in [9.17, 15) is 31.1 Å². The molecule has 0 aromatic carbocycles. The number of carbonyl (C=O) groups excluding carboxylic acids is 1. The zero-order chi connectivity index (χ0) is 19.8. The van der Waals surface area contributed by atoms with E-state index < -0.39 is 36.5 Å². The van der Waals surface area contributed by atoms with Crippen LogP contribution in [0.4, 0.5) is 26.3 Å². The molecule has 0 N–H and O–H groups in total. The van der Waals surface area contributed by atoms with Crippen molar-refractivity contribution < 1.29 is 31.1 Å². The molecule has 12 heteroatoms. The Kier molecular flexibility index (Phi) is 5.69. The minimum atomic E-state index is -4.46. The number of hydrogen-bond donors (Lipinski definition) is 0. The number of hydrogen-bond acceptors (Lipinski definition) is 5. The number of aromatic nitrogens is 1. The number of carbonyl (C=O) groups is 1. The van der Waals surface area contributed by atoms with Crippen molar-refractivity contribution >= 4 is 17.2 Å². The average molecular weight is 416 g/mol. The van der Waals surface area contributed by atoms with Gasteiger partial charge in [0.2, 0.25) is 5.91 Å². The van der Waals surface area contributed by atoms with Crippen molar-refractivity contribution in [3.05, 3.63) is 16.1 Å². The summed E-state index contributed by atoms with van der Waals surface area (Å²) in [5, 5.41) is 1.35. The summed E-state index contributed by atoms with van der Waals surface area (Å²) >= 11 is 0.948. The van der Waals surface area contributed by atoms with Crippen molar-refractivity contribution in [1.82, 2.24) is 19.7 Å². The highest BCUT2D eigenvalue weighted by Crippen LogP contribution is 2.30. The Morgan fingerprint density at radius 2 is 1.74 bits per heavy atom. The van der Waals surface area contributed by atoms with Crippen LogP contribution in [0.15, 0.2) is 5.38 Å². The number of thiazole rings is 1. The third-order valence-electron chi connectivity index (χ3n) is 4.69. The minimum absolute atomic E-state index is 0.0859. The summed E-state index contributed by atoms with van der Waals surface area (Å²) in [7, 11) is 0. The van der Waals surface area contributed by atoms with Gasteiger partial charge >= 0.3 is 12.4 Å². The molecule has 0 radical (unpaired) electrons. The normalized spacial score (nSPS) is 23.4. The first-order chi connectivity index (χ1) is 12.5. The molecule has 2 saturated heterocycles. The lowest BCUT2D eigenvalue weighted by molar-refractivity contribution is -0.159. The fraction of sp³-hybridized carbons (Fsp3) is 0.733. The predicted molar refractivity (Wildman–Crippen MR) is 85.0 cm³/mol. The van der Waals surface area contributed by atoms with Crippen LogP contribution in [0.3, 0.4) is 0 Å². The van der Waals surface area contributed by atoms with Crippen molar-refractivity contribution in [1.29, 1.82) is 0 Å². The Morgan fingerprint density at radius 3 is 2.30 bits per heavy atom. The summed E-state index contributed by atoms with van der Waals surface area (Å²) in [6.07, 6.45) is -8.51. The van der Waals surface area contributed by atoms with Gasteiger partial charge in [0.05, 0.1) is 12.6 Å². The smallest absolute Gasteiger partial charge is 0.332 e. The highest BCUT2D eigenvalue weighted by atomic mass is 32.1. The fourth-order valence-corrected chi connectivity index (χ4v) is 4.21. The summed E-state index contributed by atoms with van der Waals surface area (Å²) in [6, 6.07) is -0.550. The molecule has 2 fully saturated rings. The van der Waals surface area contributed by atoms with Crippen LogP contribution >= 0.6 is 11.3 Å². The molecule has 1 aromatic rings. The maximum absolute atomic E-state index is 12.6. The molecule has 3 rings (SSSR count). The van der Waals surface area contributed by atoms with E-state index in [4.69, 9.17) is 0 Å². The summed E-state index contributed by atoms with van der Waals surface area (Å²) in [5.41, 5.74) is -0.901. The van der Waals surface area contributed by atoms with E-state index >= 15 is 0 Å². The number of nitrogens with zero attached hydrogens (tertiary/aromatic N) is 4. The molecule has 0 aliphatic carbocycles. The third-order valence-corrected chi connectivity index (χ3v) is 5.52. The maximum atomic E-state index is 12.6. The van der Waals surface area contributed by atoms with Gasteiger partial charge in [-0.05, 0) is 6.42 Å². The number of rotatable bonds is 4. The molecule has 27 heavy (non-hydrogen) atoms. The molecule has 0 spiro atoms. The molecule has 2 aliphatic heterocycles. The molecule has 1 aromatic heterocycles. The largest absolute Gasteiger partial charge is 0.434 e. The maximum Gasteiger partial charge on any atom is 0.434 e. The standard InChI is InChI=1S/C15H18F6N4OS/c16-14(17,18)9-25-2-1-10(13(25)26)24-5-3-23(4-6-24)7-12-22-11(8-27-12)15(19,20)21/h8,10H,1-7,9H2. The number of piperazine rings is 1. The Bertz CT molecular complexity index is 668. The molecule has 1 atom stereocenters. The Hall–Kier alpha value is -1.40. The summed E-state index contributed by atoms with van der Waals surface area (Å²) in [4.78, 5) is 20.4. The van der Waals surface area contributed by atoms with Gasteiger partial charge in [0, 0.05) is 38.1 Å². The Morgan fingerprint density at radius 1 is 1.07 bits per heavy atom. The van der Waals surface area contributed by atoms with Gasteiger partial charge in [0.15, 0.2) is 5.69 Å². The van der Waals surface area contributed by atoms with Gasteiger partial charge < -0.3 is 4.90 Å². The van der Waals surface area contributed by atoms with Crippen LogP contribution in [0.25, 0.3) is 0 Å². The van der Waals surface area contributed by atoms with E-state index in [0.717, 1.165) is 21.6 Å². The fourth-order valence-electron chi connectivity index (χ4n) is 3.37. The highest BCUT2D eigenvalue weighted by Gasteiger charge is 2.42. The third kappa shape index (κ3) is 5.11. The van der Waals surface area contributed by atoms with E-state index in [0.29, 0.717) is 37.6 Å². The number of likely N-dealkylation sites (tertiary alicyclic amines) is 1. The van der Waals surface area contributed by atoms with E-state index in [-0.39, 0.29) is 13.1 Å². The molecule has 0 bridgehead atoms. The van der Waals surface area contributed by atoms with E-state index in [1.54, 1.807) is 0 Å². The second-order valence-corrected chi connectivity index (χ2v) is 7.56. The quantitative estimate of drug-likeness (QED) is 0.707. The van der Waals surface area contributed by atoms with Crippen LogP contribution in [0, 0.1) is 0 Å². The molecule has 1 unspecified atom stereocenters. The van der Waals surface area contributed by atoms with Crippen LogP contribution in [0.5, 0.6) is 0 Å². The van der Waals surface area contributed by atoms with Crippen LogP contribution in [0.1, 0.15) is 17.1 Å². The van der Waals surface area contributed by atoms with Gasteiger partial charge in [0.25, 0.3) is 0 Å². The van der Waals surface area contributed by atoms with Gasteiger partial charge in [0.1, 0.15) is 11.6 Å². The molecule has 5 nitrogen and oxygen atoms in total. The van der Waals surface area contributed by atoms with Crippen molar-refractivity contribution in [2.24, 2.45) is 0 Å². The second kappa shape index (κ2) is 7.55. The minimum Gasteiger partial charge on any atom is -0.332 e. The first kappa shape index (κ1) is 20.3. The number of amides is 1. The molecule has 0 saturated carbocycles. The van der Waals surface area contributed by atoms with Crippen molar-refractivity contribution in [3.63, 3.8) is 0 Å². The second-order valence-electron chi connectivity index (χ2n) is 6.62. The first-order valence-corrected chi connectivity index (χ1v) is 9.24. The molecule has 2 aliphatic rings. The predicted octanol–water partition coefficient (Wildman–Crippen LogP) is 2.44. The van der Waals surface area contributed by atoms with Gasteiger partial charge in [-0.3, -0.25) is 14.6 Å². The van der Waals surface area contributed by atoms with Gasteiger partial charge in [-0.2, -0.15) is 26.3 Å². The average Bonchev–Trinajstić information content (AvgIpc) is 3.15. The SMILES string of the molecule is O=C1C(N2CCN(Cc3nc(C(F)(F)F)cs3)CC2)CCN1CC(F)(F)F. The first-order valence-electron chi connectivity index (χ1n) is 8.36. The lowest BCUT2D eigenvalue weighted by Crippen LogP contribution is -2.52. The van der Waals surface area contributed by atoms with Crippen molar-refractivity contribution in [3.8, 4) is 0 Å². The van der Waals surface area contributed by atoms with Gasteiger partial charge in [-0.1, -0.05) is 0 Å². The Balaban J connectivity index is 1.49. The topological polar surface area (TPSA) is 39.7 Å². The molecule has 3 heterocycles. The van der Waals surface area contributed by atoms with E-state index in [1.165, 1.54) is 0 Å². The summed E-state index contributed by atoms with van der Waals surface area (Å²) in [5.74, 6) is -0.504. The van der Waals surface area contributed by atoms with Crippen LogP contribution in [-0.2, 0) is 17.5 Å². The number of halogens is 6. The van der Waals surface area contributed by atoms with E-state index in [2.05, 4.69) is 4.98 Å². The Labute approximate surface area is 155 Å². The van der Waals surface area contributed by atoms with Crippen molar-refractivity contribution in [2.45, 2.75) is 31.4 Å². The summed E-state index contributed by atoms with van der Waals surface area (Å²) in [6.45, 7) is 1.14. The highest BCUT2D eigenvalue weighted by molar-refractivity contribution is 7.09. The lowest BCUT2D eigenvalue weighted by Gasteiger charge is -2.36. The molecule has 152 valence electrons. The van der Waals surface area contributed by atoms with E-state index in [1.807, 2.05) is 9.80 Å². The van der Waals surface area contributed by atoms with Crippen LogP contribution in [-0.4, -0.2) is 77.1 Å². The number of alkyl halides is 6. The van der Waals surface area contributed by atoms with Gasteiger partial charge in [-0.25, -0.2) is 4.98 Å². The monoisotopic (exact) mass is 416 g/mol. The zero-order valence-corrected chi connectivity index (χ0v) is 15.0. The molecular formula is C15H18F6N4OS. The zero-order valence-electron chi connectivity index (χ0n) is 14.2. The van der Waals surface area contributed by atoms with Crippen LogP contribution < -0.4 is 0 Å². The van der Waals surface area contributed by atoms with Crippen LogP contribution in [0.2, 0.25) is 0 Å². The lowest BCUT2D eigenvalue weighted by atomic mass is 10.2. The van der Waals surface area contributed by atoms with Gasteiger partial charge in [-0.15, -0.1) is 11.3 Å². The summed E-state index contributed by atoms with van der Waals surface area (Å²) < 4.78 is 75.3.